The maximum absolute atomic E-state index is 12.2. The molecule has 0 amide bonds. The number of ether oxygens (including phenoxy) is 1. The van der Waals surface area contributed by atoms with Gasteiger partial charge in [-0.2, -0.15) is 0 Å². The first-order chi connectivity index (χ1) is 8.84. The Hall–Kier alpha value is -1.64. The molecule has 3 heteroatoms. The van der Waals surface area contributed by atoms with E-state index in [0.29, 0.717) is 18.6 Å². The largest absolute Gasteiger partial charge is 0.465 e. The summed E-state index contributed by atoms with van der Waals surface area (Å²) >= 11 is 0. The Morgan fingerprint density at radius 2 is 2.05 bits per heavy atom. The van der Waals surface area contributed by atoms with Gasteiger partial charge in [0.25, 0.3) is 0 Å². The molecule has 0 spiro atoms. The minimum atomic E-state index is -0.648. The highest BCUT2D eigenvalue weighted by atomic mass is 16.5. The molecule has 2 rings (SSSR count). The smallest absolute Gasteiger partial charge is 0.317 e. The molecule has 1 aromatic rings. The van der Waals surface area contributed by atoms with Crippen molar-refractivity contribution in [3.8, 4) is 0 Å². The molecule has 0 aliphatic heterocycles. The lowest BCUT2D eigenvalue weighted by atomic mass is 9.85. The predicted molar refractivity (Wildman–Crippen MR) is 73.3 cm³/mol. The van der Waals surface area contributed by atoms with Crippen molar-refractivity contribution in [2.45, 2.75) is 39.5 Å². The Labute approximate surface area is 114 Å². The van der Waals surface area contributed by atoms with Crippen molar-refractivity contribution in [1.29, 1.82) is 0 Å². The Morgan fingerprint density at radius 3 is 2.63 bits per heavy atom. The lowest BCUT2D eigenvalue weighted by Crippen LogP contribution is -2.23. The zero-order valence-electron chi connectivity index (χ0n) is 11.9. The summed E-state index contributed by atoms with van der Waals surface area (Å²) in [6.45, 7) is 8.46. The fraction of sp³-hybridized carbons (Fsp3) is 0.500. The number of rotatable bonds is 2. The van der Waals surface area contributed by atoms with Gasteiger partial charge in [-0.05, 0) is 29.9 Å². The van der Waals surface area contributed by atoms with Gasteiger partial charge < -0.3 is 4.74 Å². The summed E-state index contributed by atoms with van der Waals surface area (Å²) in [4.78, 5) is 23.9. The van der Waals surface area contributed by atoms with Crippen LogP contribution in [0.3, 0.4) is 0 Å². The first-order valence-corrected chi connectivity index (χ1v) is 6.69. The number of hydrogen-bond acceptors (Lipinski definition) is 3. The number of carbonyl (C=O) groups excluding carboxylic acids is 2. The van der Waals surface area contributed by atoms with Crippen molar-refractivity contribution in [3.63, 3.8) is 0 Å². The van der Waals surface area contributed by atoms with Crippen LogP contribution in [0.5, 0.6) is 0 Å². The van der Waals surface area contributed by atoms with E-state index in [9.17, 15) is 9.59 Å². The molecule has 1 atom stereocenters. The third-order valence-corrected chi connectivity index (χ3v) is 3.55. The molecule has 1 unspecified atom stereocenters. The van der Waals surface area contributed by atoms with E-state index in [1.165, 1.54) is 5.56 Å². The second kappa shape index (κ2) is 4.80. The molecule has 0 heterocycles. The van der Waals surface area contributed by atoms with Gasteiger partial charge in [0.05, 0.1) is 6.61 Å². The van der Waals surface area contributed by atoms with Crippen LogP contribution in [0.15, 0.2) is 18.2 Å². The van der Waals surface area contributed by atoms with Gasteiger partial charge in [0.2, 0.25) is 0 Å². The minimum absolute atomic E-state index is 0.0418. The molecular weight excluding hydrogens is 240 g/mol. The van der Waals surface area contributed by atoms with E-state index in [1.807, 2.05) is 18.2 Å². The maximum atomic E-state index is 12.2. The molecule has 0 fully saturated rings. The van der Waals surface area contributed by atoms with Crippen LogP contribution in [-0.2, 0) is 21.4 Å². The summed E-state index contributed by atoms with van der Waals surface area (Å²) in [5.41, 5.74) is 2.87. The highest BCUT2D eigenvalue weighted by Crippen LogP contribution is 2.32. The minimum Gasteiger partial charge on any atom is -0.465 e. The predicted octanol–water partition coefficient (Wildman–Crippen LogP) is 2.90. The summed E-state index contributed by atoms with van der Waals surface area (Å²) in [5, 5.41) is 0. The molecule has 1 aliphatic carbocycles. The van der Waals surface area contributed by atoms with Gasteiger partial charge in [0.15, 0.2) is 5.78 Å². The number of ketones is 1. The van der Waals surface area contributed by atoms with Gasteiger partial charge in [0.1, 0.15) is 5.92 Å². The Kier molecular flexibility index (Phi) is 3.48. The van der Waals surface area contributed by atoms with Crippen LogP contribution in [0, 0.1) is 5.92 Å². The van der Waals surface area contributed by atoms with Crippen LogP contribution in [-0.4, -0.2) is 18.4 Å². The number of hydrogen-bond donors (Lipinski definition) is 0. The van der Waals surface area contributed by atoms with Gasteiger partial charge in [-0.3, -0.25) is 9.59 Å². The first-order valence-electron chi connectivity index (χ1n) is 6.69. The van der Waals surface area contributed by atoms with E-state index in [2.05, 4.69) is 20.8 Å². The molecule has 1 aliphatic rings. The monoisotopic (exact) mass is 260 g/mol. The van der Waals surface area contributed by atoms with Crippen molar-refractivity contribution in [2.24, 2.45) is 5.92 Å². The van der Waals surface area contributed by atoms with E-state index in [4.69, 9.17) is 4.74 Å². The van der Waals surface area contributed by atoms with Crippen molar-refractivity contribution >= 4 is 11.8 Å². The summed E-state index contributed by atoms with van der Waals surface area (Å²) < 4.78 is 4.97. The molecule has 0 radical (unpaired) electrons. The van der Waals surface area contributed by atoms with E-state index >= 15 is 0 Å². The molecule has 3 nitrogen and oxygen atoms in total. The van der Waals surface area contributed by atoms with Crippen molar-refractivity contribution in [2.75, 3.05) is 6.61 Å². The number of Topliss-reactive ketones (excluding diaryl/α,β-unsaturated/α-hetero) is 1. The summed E-state index contributed by atoms with van der Waals surface area (Å²) in [7, 11) is 0. The first kappa shape index (κ1) is 13.8. The van der Waals surface area contributed by atoms with Gasteiger partial charge in [-0.25, -0.2) is 0 Å². The molecule has 19 heavy (non-hydrogen) atoms. The third-order valence-electron chi connectivity index (χ3n) is 3.55. The number of fused-ring (bicyclic) bond motifs is 1. The van der Waals surface area contributed by atoms with Gasteiger partial charge in [-0.1, -0.05) is 39.0 Å². The molecule has 1 aromatic carbocycles. The molecular formula is C16H20O3. The highest BCUT2D eigenvalue weighted by Gasteiger charge is 2.37. The van der Waals surface area contributed by atoms with Crippen molar-refractivity contribution in [1.82, 2.24) is 0 Å². The molecule has 0 bridgehead atoms. The van der Waals surface area contributed by atoms with Crippen LogP contribution in [0.25, 0.3) is 0 Å². The Morgan fingerprint density at radius 1 is 1.37 bits per heavy atom. The van der Waals surface area contributed by atoms with Gasteiger partial charge >= 0.3 is 5.97 Å². The van der Waals surface area contributed by atoms with Crippen LogP contribution in [0.2, 0.25) is 0 Å². The lowest BCUT2D eigenvalue weighted by molar-refractivity contribution is -0.145. The zero-order chi connectivity index (χ0) is 14.2. The normalized spacial score (nSPS) is 18.3. The molecule has 0 aromatic heterocycles. The lowest BCUT2D eigenvalue weighted by Gasteiger charge is -2.19. The topological polar surface area (TPSA) is 43.4 Å². The van der Waals surface area contributed by atoms with Crippen LogP contribution in [0.4, 0.5) is 0 Å². The average Bonchev–Trinajstić information content (AvgIpc) is 2.66. The molecule has 0 saturated heterocycles. The molecule has 0 saturated carbocycles. The second-order valence-electron chi connectivity index (χ2n) is 5.99. The summed E-state index contributed by atoms with van der Waals surface area (Å²) in [6.07, 6.45) is 0.469. The summed E-state index contributed by atoms with van der Waals surface area (Å²) in [6, 6.07) is 5.87. The van der Waals surface area contributed by atoms with Crippen LogP contribution in [0.1, 0.15) is 49.2 Å². The fourth-order valence-electron chi connectivity index (χ4n) is 2.40. The van der Waals surface area contributed by atoms with E-state index in [1.54, 1.807) is 6.92 Å². The standard InChI is InChI=1S/C16H20O3/c1-5-19-15(18)13-9-10-8-11(16(2,3)4)6-7-12(10)14(13)17/h6-8,13H,5,9H2,1-4H3. The SMILES string of the molecule is CCOC(=O)C1Cc2cc(C(C)(C)C)ccc2C1=O. The Bertz CT molecular complexity index is 523. The van der Waals surface area contributed by atoms with E-state index in [-0.39, 0.29) is 11.2 Å². The van der Waals surface area contributed by atoms with Gasteiger partial charge in [-0.15, -0.1) is 0 Å². The fourth-order valence-corrected chi connectivity index (χ4v) is 2.40. The number of esters is 1. The highest BCUT2D eigenvalue weighted by molar-refractivity contribution is 6.12. The van der Waals surface area contributed by atoms with Gasteiger partial charge in [0, 0.05) is 5.56 Å². The average molecular weight is 260 g/mol. The quantitative estimate of drug-likeness (QED) is 0.606. The molecule has 0 N–H and O–H groups in total. The van der Waals surface area contributed by atoms with E-state index in [0.717, 1.165) is 5.56 Å². The third kappa shape index (κ3) is 2.55. The number of carbonyl (C=O) groups is 2. The summed E-state index contributed by atoms with van der Waals surface area (Å²) in [5.74, 6) is -1.15. The van der Waals surface area contributed by atoms with Crippen molar-refractivity contribution < 1.29 is 14.3 Å². The zero-order valence-corrected chi connectivity index (χ0v) is 11.9. The second-order valence-corrected chi connectivity index (χ2v) is 5.99. The van der Waals surface area contributed by atoms with Crippen LogP contribution < -0.4 is 0 Å². The molecule has 102 valence electrons. The van der Waals surface area contributed by atoms with Crippen molar-refractivity contribution in [3.05, 3.63) is 34.9 Å². The Balaban J connectivity index is 2.31. The number of benzene rings is 1. The van der Waals surface area contributed by atoms with Crippen LogP contribution >= 0.6 is 0 Å². The maximum Gasteiger partial charge on any atom is 0.317 e. The van der Waals surface area contributed by atoms with E-state index < -0.39 is 11.9 Å².